The highest BCUT2D eigenvalue weighted by molar-refractivity contribution is 5.41. The molecule has 1 N–H and O–H groups in total. The Morgan fingerprint density at radius 2 is 2.29 bits per heavy atom. The zero-order valence-electron chi connectivity index (χ0n) is 7.99. The molecule has 0 spiro atoms. The molecular weight excluding hydrogens is 174 g/mol. The van der Waals surface area contributed by atoms with Gasteiger partial charge in [0, 0.05) is 12.1 Å². The van der Waals surface area contributed by atoms with E-state index in [9.17, 15) is 0 Å². The van der Waals surface area contributed by atoms with Crippen LogP contribution in [-0.4, -0.2) is 19.8 Å². The van der Waals surface area contributed by atoms with Crippen LogP contribution in [0.15, 0.2) is 24.3 Å². The Kier molecular flexibility index (Phi) is 2.83. The average molecular weight is 187 g/mol. The van der Waals surface area contributed by atoms with Gasteiger partial charge < -0.3 is 10.1 Å². The normalized spacial score (nSPS) is 21.5. The van der Waals surface area contributed by atoms with E-state index in [0.29, 0.717) is 6.61 Å². The minimum absolute atomic E-state index is 0.246. The fourth-order valence-electron chi connectivity index (χ4n) is 1.70. The quantitative estimate of drug-likeness (QED) is 0.670. The maximum Gasteiger partial charge on any atom is 0.0662 e. The molecule has 0 saturated carbocycles. The number of rotatable bonds is 1. The zero-order valence-corrected chi connectivity index (χ0v) is 7.99. The molecule has 14 heavy (non-hydrogen) atoms. The lowest BCUT2D eigenvalue weighted by atomic mass is 10.0. The van der Waals surface area contributed by atoms with E-state index in [1.807, 2.05) is 18.2 Å². The van der Waals surface area contributed by atoms with Crippen LogP contribution in [0.4, 0.5) is 0 Å². The van der Waals surface area contributed by atoms with E-state index in [1.54, 1.807) is 0 Å². The van der Waals surface area contributed by atoms with Crippen LogP contribution in [-0.2, 0) is 4.74 Å². The third-order valence-electron chi connectivity index (χ3n) is 2.41. The van der Waals surface area contributed by atoms with Gasteiger partial charge in [-0.05, 0) is 11.6 Å². The van der Waals surface area contributed by atoms with Crippen molar-refractivity contribution in [2.45, 2.75) is 6.04 Å². The predicted molar refractivity (Wildman–Crippen MR) is 55.9 cm³/mol. The number of hydrogen-bond acceptors (Lipinski definition) is 2. The molecule has 0 aromatic heterocycles. The highest BCUT2D eigenvalue weighted by Gasteiger charge is 2.16. The summed E-state index contributed by atoms with van der Waals surface area (Å²) in [7, 11) is 0. The Morgan fingerprint density at radius 1 is 1.43 bits per heavy atom. The van der Waals surface area contributed by atoms with Gasteiger partial charge in [0.05, 0.1) is 19.3 Å². The van der Waals surface area contributed by atoms with E-state index in [2.05, 4.69) is 17.3 Å². The fourth-order valence-corrected chi connectivity index (χ4v) is 1.70. The summed E-state index contributed by atoms with van der Waals surface area (Å²) in [5.41, 5.74) is 2.12. The molecule has 1 atom stereocenters. The van der Waals surface area contributed by atoms with Gasteiger partial charge in [0.1, 0.15) is 0 Å². The van der Waals surface area contributed by atoms with Gasteiger partial charge in [-0.2, -0.15) is 0 Å². The van der Waals surface area contributed by atoms with Crippen molar-refractivity contribution in [2.24, 2.45) is 0 Å². The summed E-state index contributed by atoms with van der Waals surface area (Å²) in [5.74, 6) is 2.70. The van der Waals surface area contributed by atoms with Crippen LogP contribution in [0.5, 0.6) is 0 Å². The van der Waals surface area contributed by atoms with Gasteiger partial charge in [-0.3, -0.25) is 0 Å². The van der Waals surface area contributed by atoms with Gasteiger partial charge in [-0.1, -0.05) is 24.1 Å². The summed E-state index contributed by atoms with van der Waals surface area (Å²) in [4.78, 5) is 0. The molecule has 1 aliphatic heterocycles. The largest absolute Gasteiger partial charge is 0.378 e. The topological polar surface area (TPSA) is 21.3 Å². The lowest BCUT2D eigenvalue weighted by molar-refractivity contribution is 0.0768. The lowest BCUT2D eigenvalue weighted by Crippen LogP contribution is -2.34. The van der Waals surface area contributed by atoms with Gasteiger partial charge >= 0.3 is 0 Å². The van der Waals surface area contributed by atoms with Crippen molar-refractivity contribution in [3.63, 3.8) is 0 Å². The first-order chi connectivity index (χ1) is 6.92. The molecule has 1 saturated heterocycles. The first-order valence-corrected chi connectivity index (χ1v) is 4.78. The van der Waals surface area contributed by atoms with Crippen LogP contribution in [0.2, 0.25) is 0 Å². The molecule has 2 heteroatoms. The molecule has 0 aliphatic carbocycles. The van der Waals surface area contributed by atoms with Crippen LogP contribution < -0.4 is 5.32 Å². The molecule has 1 aliphatic rings. The maximum absolute atomic E-state index is 5.44. The highest BCUT2D eigenvalue weighted by Crippen LogP contribution is 2.19. The molecule has 1 unspecified atom stereocenters. The Labute approximate surface area is 84.3 Å². The van der Waals surface area contributed by atoms with E-state index in [-0.39, 0.29) is 6.04 Å². The van der Waals surface area contributed by atoms with Crippen molar-refractivity contribution in [3.8, 4) is 12.3 Å². The molecule has 1 fully saturated rings. The summed E-state index contributed by atoms with van der Waals surface area (Å²) in [6.45, 7) is 2.39. The number of hydrogen-bond donors (Lipinski definition) is 1. The van der Waals surface area contributed by atoms with Crippen molar-refractivity contribution in [1.82, 2.24) is 5.32 Å². The standard InChI is InChI=1S/C12H13NO/c1-2-10-5-3-4-6-11(10)12-9-14-8-7-13-12/h1,3-6,12-13H,7-9H2. The molecule has 72 valence electrons. The summed E-state index contributed by atoms with van der Waals surface area (Å²) in [6.07, 6.45) is 5.44. The van der Waals surface area contributed by atoms with Gasteiger partial charge in [0.2, 0.25) is 0 Å². The van der Waals surface area contributed by atoms with Crippen molar-refractivity contribution in [1.29, 1.82) is 0 Å². The number of terminal acetylenes is 1. The second-order valence-electron chi connectivity index (χ2n) is 3.31. The van der Waals surface area contributed by atoms with Crippen LogP contribution in [0.1, 0.15) is 17.2 Å². The number of morpholine rings is 1. The van der Waals surface area contributed by atoms with E-state index in [1.165, 1.54) is 0 Å². The van der Waals surface area contributed by atoms with Gasteiger partial charge in [0.25, 0.3) is 0 Å². The Hall–Kier alpha value is -1.30. The second kappa shape index (κ2) is 4.28. The first-order valence-electron chi connectivity index (χ1n) is 4.78. The van der Waals surface area contributed by atoms with Crippen molar-refractivity contribution < 1.29 is 4.74 Å². The summed E-state index contributed by atoms with van der Waals surface area (Å²) >= 11 is 0. The monoisotopic (exact) mass is 187 g/mol. The number of nitrogens with one attached hydrogen (secondary N) is 1. The van der Waals surface area contributed by atoms with Crippen LogP contribution in [0.25, 0.3) is 0 Å². The minimum atomic E-state index is 0.246. The number of benzene rings is 1. The smallest absolute Gasteiger partial charge is 0.0662 e. The molecule has 2 rings (SSSR count). The highest BCUT2D eigenvalue weighted by atomic mass is 16.5. The van der Waals surface area contributed by atoms with Gasteiger partial charge in [-0.15, -0.1) is 6.42 Å². The molecule has 0 radical (unpaired) electrons. The van der Waals surface area contributed by atoms with E-state index in [0.717, 1.165) is 24.3 Å². The summed E-state index contributed by atoms with van der Waals surface area (Å²) in [5, 5.41) is 3.39. The summed E-state index contributed by atoms with van der Waals surface area (Å²) in [6, 6.07) is 8.23. The van der Waals surface area contributed by atoms with Gasteiger partial charge in [0.15, 0.2) is 0 Å². The second-order valence-corrected chi connectivity index (χ2v) is 3.31. The molecule has 1 aromatic rings. The molecule has 0 amide bonds. The fraction of sp³-hybridized carbons (Fsp3) is 0.333. The van der Waals surface area contributed by atoms with Crippen molar-refractivity contribution in [2.75, 3.05) is 19.8 Å². The van der Waals surface area contributed by atoms with Crippen LogP contribution in [0, 0.1) is 12.3 Å². The van der Waals surface area contributed by atoms with Crippen molar-refractivity contribution >= 4 is 0 Å². The zero-order chi connectivity index (χ0) is 9.80. The van der Waals surface area contributed by atoms with Crippen LogP contribution in [0.3, 0.4) is 0 Å². The third kappa shape index (κ3) is 1.79. The maximum atomic E-state index is 5.44. The van der Waals surface area contributed by atoms with Crippen molar-refractivity contribution in [3.05, 3.63) is 35.4 Å². The SMILES string of the molecule is C#Cc1ccccc1C1COCCN1. The summed E-state index contributed by atoms with van der Waals surface area (Å²) < 4.78 is 5.40. The Balaban J connectivity index is 2.26. The van der Waals surface area contributed by atoms with E-state index in [4.69, 9.17) is 11.2 Å². The molecule has 0 bridgehead atoms. The van der Waals surface area contributed by atoms with Gasteiger partial charge in [-0.25, -0.2) is 0 Å². The molecule has 1 aromatic carbocycles. The average Bonchev–Trinajstić information content (AvgIpc) is 2.30. The third-order valence-corrected chi connectivity index (χ3v) is 2.41. The predicted octanol–water partition coefficient (Wildman–Crippen LogP) is 1.33. The lowest BCUT2D eigenvalue weighted by Gasteiger charge is -2.24. The van der Waals surface area contributed by atoms with E-state index < -0.39 is 0 Å². The number of ether oxygens (including phenoxy) is 1. The van der Waals surface area contributed by atoms with E-state index >= 15 is 0 Å². The Bertz CT molecular complexity index is 348. The Morgan fingerprint density at radius 3 is 3.00 bits per heavy atom. The molecular formula is C12H13NO. The molecule has 1 heterocycles. The molecule has 2 nitrogen and oxygen atoms in total. The van der Waals surface area contributed by atoms with Crippen LogP contribution >= 0.6 is 0 Å². The minimum Gasteiger partial charge on any atom is -0.378 e. The first kappa shape index (κ1) is 9.26.